The average molecular weight is 332 g/mol. The summed E-state index contributed by atoms with van der Waals surface area (Å²) in [4.78, 5) is 2.47. The number of hydrogen-bond donors (Lipinski definition) is 2. The maximum Gasteiger partial charge on any atom is 0.157 e. The molecule has 122 valence electrons. The number of phenolic OH excluding ortho intramolecular Hbond substituents is 2. The van der Waals surface area contributed by atoms with Gasteiger partial charge in [0.2, 0.25) is 0 Å². The van der Waals surface area contributed by atoms with Crippen LogP contribution in [-0.4, -0.2) is 34.7 Å². The maximum absolute atomic E-state index is 9.54. The first-order valence-corrected chi connectivity index (χ1v) is 8.48. The van der Waals surface area contributed by atoms with E-state index in [0.29, 0.717) is 5.92 Å². The molecule has 1 aliphatic heterocycles. The molecule has 23 heavy (non-hydrogen) atoms. The van der Waals surface area contributed by atoms with Crippen LogP contribution in [0.2, 0.25) is 5.02 Å². The fourth-order valence-corrected chi connectivity index (χ4v) is 3.36. The summed E-state index contributed by atoms with van der Waals surface area (Å²) in [5.41, 5.74) is 2.44. The molecule has 0 aromatic heterocycles. The molecule has 0 radical (unpaired) electrons. The SMILES string of the molecule is Oc1ccc(CCN2CCC(c3ccc(Cl)cc3)CC2)cc1O. The van der Waals surface area contributed by atoms with Crippen molar-refractivity contribution in [2.45, 2.75) is 25.2 Å². The van der Waals surface area contributed by atoms with Crippen LogP contribution in [0.4, 0.5) is 0 Å². The van der Waals surface area contributed by atoms with Gasteiger partial charge >= 0.3 is 0 Å². The van der Waals surface area contributed by atoms with Gasteiger partial charge in [-0.25, -0.2) is 0 Å². The van der Waals surface area contributed by atoms with E-state index in [9.17, 15) is 10.2 Å². The zero-order chi connectivity index (χ0) is 16.2. The minimum Gasteiger partial charge on any atom is -0.504 e. The highest BCUT2D eigenvalue weighted by atomic mass is 35.5. The first-order valence-electron chi connectivity index (χ1n) is 8.10. The van der Waals surface area contributed by atoms with Gasteiger partial charge in [0, 0.05) is 11.6 Å². The fourth-order valence-electron chi connectivity index (χ4n) is 3.24. The van der Waals surface area contributed by atoms with Crippen LogP contribution in [0, 0.1) is 0 Å². The molecule has 3 rings (SSSR count). The van der Waals surface area contributed by atoms with E-state index >= 15 is 0 Å². The molecule has 1 fully saturated rings. The highest BCUT2D eigenvalue weighted by molar-refractivity contribution is 6.30. The normalized spacial score (nSPS) is 16.6. The number of nitrogens with zero attached hydrogens (tertiary/aromatic N) is 1. The highest BCUT2D eigenvalue weighted by Gasteiger charge is 2.20. The Morgan fingerprint density at radius 1 is 0.957 bits per heavy atom. The first-order chi connectivity index (χ1) is 11.1. The van der Waals surface area contributed by atoms with Crippen LogP contribution in [-0.2, 0) is 6.42 Å². The van der Waals surface area contributed by atoms with E-state index in [1.54, 1.807) is 12.1 Å². The quantitative estimate of drug-likeness (QED) is 0.826. The number of aromatic hydroxyl groups is 2. The average Bonchev–Trinajstić information content (AvgIpc) is 2.57. The van der Waals surface area contributed by atoms with Gasteiger partial charge in [0.15, 0.2) is 11.5 Å². The second kappa shape index (κ2) is 7.24. The van der Waals surface area contributed by atoms with Crippen molar-refractivity contribution in [1.82, 2.24) is 4.90 Å². The first kappa shape index (κ1) is 16.2. The number of rotatable bonds is 4. The Balaban J connectivity index is 1.49. The Morgan fingerprint density at radius 2 is 1.65 bits per heavy atom. The number of benzene rings is 2. The number of phenols is 2. The molecular weight excluding hydrogens is 310 g/mol. The number of hydrogen-bond acceptors (Lipinski definition) is 3. The minimum absolute atomic E-state index is 0.0380. The molecule has 0 saturated carbocycles. The summed E-state index contributed by atoms with van der Waals surface area (Å²) in [6.07, 6.45) is 3.23. The number of halogens is 1. The van der Waals surface area contributed by atoms with Crippen molar-refractivity contribution in [2.75, 3.05) is 19.6 Å². The van der Waals surface area contributed by atoms with Crippen molar-refractivity contribution in [3.05, 3.63) is 58.6 Å². The second-order valence-corrected chi connectivity index (χ2v) is 6.68. The molecule has 0 bridgehead atoms. The van der Waals surface area contributed by atoms with Crippen LogP contribution in [0.15, 0.2) is 42.5 Å². The van der Waals surface area contributed by atoms with Crippen molar-refractivity contribution < 1.29 is 10.2 Å². The van der Waals surface area contributed by atoms with Gasteiger partial charge in [-0.1, -0.05) is 29.8 Å². The largest absolute Gasteiger partial charge is 0.504 e. The highest BCUT2D eigenvalue weighted by Crippen LogP contribution is 2.29. The molecule has 1 heterocycles. The molecule has 2 N–H and O–H groups in total. The van der Waals surface area contributed by atoms with Gasteiger partial charge in [-0.15, -0.1) is 0 Å². The maximum atomic E-state index is 9.54. The van der Waals surface area contributed by atoms with Crippen LogP contribution in [0.25, 0.3) is 0 Å². The summed E-state index contributed by atoms with van der Waals surface area (Å²) in [7, 11) is 0. The molecule has 0 unspecified atom stereocenters. The standard InChI is InChI=1S/C19H22ClNO2/c20-17-4-2-15(3-5-17)16-8-11-21(12-9-16)10-7-14-1-6-18(22)19(23)13-14/h1-6,13,16,22-23H,7-12H2. The topological polar surface area (TPSA) is 43.7 Å². The molecule has 2 aromatic carbocycles. The predicted molar refractivity (Wildman–Crippen MR) is 93.3 cm³/mol. The fraction of sp³-hybridized carbons (Fsp3) is 0.368. The Morgan fingerprint density at radius 3 is 2.30 bits per heavy atom. The third-order valence-electron chi connectivity index (χ3n) is 4.69. The van der Waals surface area contributed by atoms with Gasteiger partial charge in [-0.2, -0.15) is 0 Å². The van der Waals surface area contributed by atoms with Gasteiger partial charge in [-0.05, 0) is 73.7 Å². The third-order valence-corrected chi connectivity index (χ3v) is 4.94. The van der Waals surface area contributed by atoms with Crippen molar-refractivity contribution in [2.24, 2.45) is 0 Å². The van der Waals surface area contributed by atoms with E-state index < -0.39 is 0 Å². The van der Waals surface area contributed by atoms with Crippen LogP contribution in [0.5, 0.6) is 11.5 Å². The van der Waals surface area contributed by atoms with E-state index in [1.165, 1.54) is 18.4 Å². The summed E-state index contributed by atoms with van der Waals surface area (Å²) in [5, 5.41) is 19.7. The lowest BCUT2D eigenvalue weighted by Gasteiger charge is -2.32. The lowest BCUT2D eigenvalue weighted by molar-refractivity contribution is 0.214. The van der Waals surface area contributed by atoms with Crippen molar-refractivity contribution >= 4 is 11.6 Å². The zero-order valence-corrected chi connectivity index (χ0v) is 13.8. The lowest BCUT2D eigenvalue weighted by atomic mass is 9.89. The summed E-state index contributed by atoms with van der Waals surface area (Å²) < 4.78 is 0. The van der Waals surface area contributed by atoms with Gasteiger partial charge in [0.1, 0.15) is 0 Å². The molecule has 4 heteroatoms. The Kier molecular flexibility index (Phi) is 5.09. The molecule has 0 amide bonds. The third kappa shape index (κ3) is 4.18. The van der Waals surface area contributed by atoms with E-state index in [-0.39, 0.29) is 11.5 Å². The lowest BCUT2D eigenvalue weighted by Crippen LogP contribution is -2.34. The Labute approximate surface area is 142 Å². The molecule has 1 saturated heterocycles. The van der Waals surface area contributed by atoms with Gasteiger partial charge in [0.05, 0.1) is 0 Å². The Bertz CT molecular complexity index is 649. The van der Waals surface area contributed by atoms with E-state index in [4.69, 9.17) is 11.6 Å². The van der Waals surface area contributed by atoms with Crippen LogP contribution >= 0.6 is 11.6 Å². The summed E-state index contributed by atoms with van der Waals surface area (Å²) in [6.45, 7) is 3.17. The van der Waals surface area contributed by atoms with E-state index in [0.717, 1.165) is 36.6 Å². The van der Waals surface area contributed by atoms with Crippen molar-refractivity contribution in [3.8, 4) is 11.5 Å². The van der Waals surface area contributed by atoms with E-state index in [1.807, 2.05) is 18.2 Å². The van der Waals surface area contributed by atoms with Crippen molar-refractivity contribution in [3.63, 3.8) is 0 Å². The van der Waals surface area contributed by atoms with Crippen LogP contribution < -0.4 is 0 Å². The smallest absolute Gasteiger partial charge is 0.157 e. The van der Waals surface area contributed by atoms with Gasteiger partial charge in [0.25, 0.3) is 0 Å². The molecule has 3 nitrogen and oxygen atoms in total. The zero-order valence-electron chi connectivity index (χ0n) is 13.1. The molecule has 0 aliphatic carbocycles. The number of piperidine rings is 1. The van der Waals surface area contributed by atoms with Gasteiger partial charge in [-0.3, -0.25) is 0 Å². The summed E-state index contributed by atoms with van der Waals surface area (Å²) >= 11 is 5.95. The molecule has 1 aliphatic rings. The van der Waals surface area contributed by atoms with Crippen LogP contribution in [0.1, 0.15) is 29.9 Å². The molecule has 2 aromatic rings. The second-order valence-electron chi connectivity index (χ2n) is 6.24. The van der Waals surface area contributed by atoms with Crippen molar-refractivity contribution in [1.29, 1.82) is 0 Å². The summed E-state index contributed by atoms with van der Waals surface area (Å²) in [6, 6.07) is 13.3. The Hall–Kier alpha value is -1.71. The minimum atomic E-state index is -0.0578. The van der Waals surface area contributed by atoms with Gasteiger partial charge < -0.3 is 15.1 Å². The molecule has 0 spiro atoms. The summed E-state index contributed by atoms with van der Waals surface area (Å²) in [5.74, 6) is 0.530. The monoisotopic (exact) mass is 331 g/mol. The molecular formula is C19H22ClNO2. The van der Waals surface area contributed by atoms with E-state index in [2.05, 4.69) is 17.0 Å². The van der Waals surface area contributed by atoms with Crippen LogP contribution in [0.3, 0.4) is 0 Å². The number of likely N-dealkylation sites (tertiary alicyclic amines) is 1. The molecule has 0 atom stereocenters. The predicted octanol–water partition coefficient (Wildman–Crippen LogP) is 4.17.